The molecule has 0 amide bonds. The smallest absolute Gasteiger partial charge is 0.331 e. The minimum Gasteiger partial charge on any atom is -0.394 e. The van der Waals surface area contributed by atoms with E-state index in [9.17, 15) is 0 Å². The molecule has 0 spiro atoms. The molecule has 2 nitrogen and oxygen atoms in total. The van der Waals surface area contributed by atoms with Crippen LogP contribution in [-0.2, 0) is 8.85 Å². The highest BCUT2D eigenvalue weighted by molar-refractivity contribution is 6.64. The number of rotatable bonds is 0. The third-order valence-electron chi connectivity index (χ3n) is 1.19. The maximum absolute atomic E-state index is 5.38. The Hall–Kier alpha value is 0.137. The summed E-state index contributed by atoms with van der Waals surface area (Å²) in [5.41, 5.74) is 0. The van der Waals surface area contributed by atoms with Crippen LogP contribution in [0.3, 0.4) is 0 Å². The fourth-order valence-electron chi connectivity index (χ4n) is 0.737. The van der Waals surface area contributed by atoms with E-state index in [0.717, 1.165) is 19.6 Å². The predicted octanol–water partition coefficient (Wildman–Crippen LogP) is 1.13. The summed E-state index contributed by atoms with van der Waals surface area (Å²) in [6.07, 6.45) is 1.07. The average molecular weight is 132 g/mol. The van der Waals surface area contributed by atoms with Crippen molar-refractivity contribution in [2.24, 2.45) is 0 Å². The Kier molecular flexibility index (Phi) is 1.70. The second-order valence-corrected chi connectivity index (χ2v) is 5.83. The molecule has 1 heterocycles. The summed E-state index contributed by atoms with van der Waals surface area (Å²) in [5.74, 6) is 0. The van der Waals surface area contributed by atoms with Crippen LogP contribution in [0.25, 0.3) is 0 Å². The molecule has 0 bridgehead atoms. The van der Waals surface area contributed by atoms with Gasteiger partial charge >= 0.3 is 8.56 Å². The Labute approximate surface area is 51.0 Å². The molecule has 0 unspecified atom stereocenters. The summed E-state index contributed by atoms with van der Waals surface area (Å²) in [6.45, 7) is 5.96. The lowest BCUT2D eigenvalue weighted by atomic mass is 10.5. The monoisotopic (exact) mass is 132 g/mol. The first-order valence-electron chi connectivity index (χ1n) is 2.99. The molecule has 1 saturated heterocycles. The average Bonchev–Trinajstić information content (AvgIpc) is 1.65. The first kappa shape index (κ1) is 6.26. The van der Waals surface area contributed by atoms with E-state index in [1.54, 1.807) is 0 Å². The molecule has 0 saturated carbocycles. The van der Waals surface area contributed by atoms with Gasteiger partial charge in [0.1, 0.15) is 0 Å². The Bertz CT molecular complexity index is 74.5. The summed E-state index contributed by atoms with van der Waals surface area (Å²) < 4.78 is 10.8. The molecule has 0 radical (unpaired) electrons. The molecule has 3 heteroatoms. The van der Waals surface area contributed by atoms with Gasteiger partial charge in [-0.1, -0.05) is 0 Å². The summed E-state index contributed by atoms with van der Waals surface area (Å²) in [4.78, 5) is 0. The third kappa shape index (κ3) is 1.58. The molecule has 0 aromatic rings. The van der Waals surface area contributed by atoms with Gasteiger partial charge in [-0.2, -0.15) is 0 Å². The fraction of sp³-hybridized carbons (Fsp3) is 1.00. The summed E-state index contributed by atoms with van der Waals surface area (Å²) in [7, 11) is -1.59. The summed E-state index contributed by atoms with van der Waals surface area (Å²) in [5, 5.41) is 0. The molecule has 1 fully saturated rings. The Morgan fingerprint density at radius 3 is 1.88 bits per heavy atom. The van der Waals surface area contributed by atoms with Crippen molar-refractivity contribution in [3.05, 3.63) is 0 Å². The van der Waals surface area contributed by atoms with E-state index in [2.05, 4.69) is 13.1 Å². The highest BCUT2D eigenvalue weighted by Crippen LogP contribution is 2.11. The first-order chi connectivity index (χ1) is 3.71. The van der Waals surface area contributed by atoms with Crippen molar-refractivity contribution >= 4 is 8.56 Å². The second-order valence-electron chi connectivity index (χ2n) is 2.45. The van der Waals surface area contributed by atoms with Crippen LogP contribution < -0.4 is 0 Å². The molecule has 48 valence electrons. The maximum Gasteiger partial charge on any atom is 0.331 e. The van der Waals surface area contributed by atoms with Gasteiger partial charge in [0, 0.05) is 13.2 Å². The van der Waals surface area contributed by atoms with Crippen molar-refractivity contribution in [1.82, 2.24) is 0 Å². The Balaban J connectivity index is 2.33. The largest absolute Gasteiger partial charge is 0.394 e. The zero-order valence-corrected chi connectivity index (χ0v) is 6.44. The second kappa shape index (κ2) is 2.17. The number of hydrogen-bond donors (Lipinski definition) is 0. The van der Waals surface area contributed by atoms with Gasteiger partial charge in [-0.05, 0) is 19.5 Å². The van der Waals surface area contributed by atoms with Gasteiger partial charge in [-0.3, -0.25) is 0 Å². The van der Waals surface area contributed by atoms with Gasteiger partial charge in [0.05, 0.1) is 0 Å². The zero-order chi connectivity index (χ0) is 6.04. The molecule has 0 aromatic carbocycles. The molecular formula is C5H12O2Si. The lowest BCUT2D eigenvalue weighted by Crippen LogP contribution is -2.39. The van der Waals surface area contributed by atoms with Crippen molar-refractivity contribution in [3.63, 3.8) is 0 Å². The van der Waals surface area contributed by atoms with Crippen molar-refractivity contribution in [2.75, 3.05) is 13.2 Å². The SMILES string of the molecule is C[Si]1(C)OCCCO1. The summed E-state index contributed by atoms with van der Waals surface area (Å²) >= 11 is 0. The van der Waals surface area contributed by atoms with Crippen molar-refractivity contribution in [2.45, 2.75) is 19.5 Å². The van der Waals surface area contributed by atoms with E-state index in [1.807, 2.05) is 0 Å². The topological polar surface area (TPSA) is 18.5 Å². The van der Waals surface area contributed by atoms with Crippen LogP contribution in [0.15, 0.2) is 0 Å². The molecule has 1 aliphatic heterocycles. The third-order valence-corrected chi connectivity index (χ3v) is 2.99. The fourth-order valence-corrected chi connectivity index (χ4v) is 2.09. The van der Waals surface area contributed by atoms with Crippen LogP contribution >= 0.6 is 0 Å². The highest BCUT2D eigenvalue weighted by Gasteiger charge is 2.26. The van der Waals surface area contributed by atoms with E-state index in [-0.39, 0.29) is 0 Å². The summed E-state index contributed by atoms with van der Waals surface area (Å²) in [6, 6.07) is 0. The number of hydrogen-bond acceptors (Lipinski definition) is 2. The van der Waals surface area contributed by atoms with E-state index in [1.165, 1.54) is 0 Å². The van der Waals surface area contributed by atoms with E-state index in [4.69, 9.17) is 8.85 Å². The molecule has 0 N–H and O–H groups in total. The van der Waals surface area contributed by atoms with E-state index in [0.29, 0.717) is 0 Å². The van der Waals surface area contributed by atoms with E-state index < -0.39 is 8.56 Å². The lowest BCUT2D eigenvalue weighted by Gasteiger charge is -2.27. The molecule has 0 aliphatic carbocycles. The molecule has 1 aliphatic rings. The van der Waals surface area contributed by atoms with Gasteiger partial charge in [0.2, 0.25) is 0 Å². The predicted molar refractivity (Wildman–Crippen MR) is 34.0 cm³/mol. The minimum absolute atomic E-state index is 0.902. The van der Waals surface area contributed by atoms with Crippen LogP contribution in [0.1, 0.15) is 6.42 Å². The molecule has 1 rings (SSSR count). The quantitative estimate of drug-likeness (QED) is 0.460. The zero-order valence-electron chi connectivity index (χ0n) is 5.44. The van der Waals surface area contributed by atoms with Crippen LogP contribution in [0.5, 0.6) is 0 Å². The van der Waals surface area contributed by atoms with Gasteiger partial charge in [-0.15, -0.1) is 0 Å². The molecule has 0 atom stereocenters. The van der Waals surface area contributed by atoms with Crippen molar-refractivity contribution in [1.29, 1.82) is 0 Å². The molecule has 0 aromatic heterocycles. The minimum atomic E-state index is -1.59. The van der Waals surface area contributed by atoms with E-state index >= 15 is 0 Å². The van der Waals surface area contributed by atoms with Crippen LogP contribution in [-0.4, -0.2) is 21.8 Å². The van der Waals surface area contributed by atoms with Crippen molar-refractivity contribution < 1.29 is 8.85 Å². The van der Waals surface area contributed by atoms with Crippen LogP contribution in [0.4, 0.5) is 0 Å². The van der Waals surface area contributed by atoms with Gasteiger partial charge in [-0.25, -0.2) is 0 Å². The van der Waals surface area contributed by atoms with Gasteiger partial charge in [0.25, 0.3) is 0 Å². The Morgan fingerprint density at radius 1 is 1.12 bits per heavy atom. The maximum atomic E-state index is 5.38. The standard InChI is InChI=1S/C5H12O2Si/c1-8(2)6-4-3-5-7-8/h3-5H2,1-2H3. The van der Waals surface area contributed by atoms with Crippen molar-refractivity contribution in [3.8, 4) is 0 Å². The van der Waals surface area contributed by atoms with Gasteiger partial charge < -0.3 is 8.85 Å². The first-order valence-corrected chi connectivity index (χ1v) is 5.80. The highest BCUT2D eigenvalue weighted by atomic mass is 28.4. The normalized spacial score (nSPS) is 27.8. The van der Waals surface area contributed by atoms with Crippen LogP contribution in [0.2, 0.25) is 13.1 Å². The van der Waals surface area contributed by atoms with Crippen LogP contribution in [0, 0.1) is 0 Å². The van der Waals surface area contributed by atoms with Gasteiger partial charge in [0.15, 0.2) is 0 Å². The Morgan fingerprint density at radius 2 is 1.62 bits per heavy atom. The lowest BCUT2D eigenvalue weighted by molar-refractivity contribution is 0.118. The molecule has 8 heavy (non-hydrogen) atoms. The molecular weight excluding hydrogens is 120 g/mol.